The molecule has 20 heavy (non-hydrogen) atoms. The number of amides is 1. The van der Waals surface area contributed by atoms with Crippen molar-refractivity contribution in [2.45, 2.75) is 18.9 Å². The lowest BCUT2D eigenvalue weighted by molar-refractivity contribution is -0.133. The Hall–Kier alpha value is -1.46. The smallest absolute Gasteiger partial charge is 0.222 e. The number of rotatable bonds is 4. The summed E-state index contributed by atoms with van der Waals surface area (Å²) < 4.78 is 0. The summed E-state index contributed by atoms with van der Waals surface area (Å²) in [6.45, 7) is 6.00. The maximum Gasteiger partial charge on any atom is 0.222 e. The molecule has 2 fully saturated rings. The molecule has 2 aliphatic heterocycles. The summed E-state index contributed by atoms with van der Waals surface area (Å²) in [6.07, 6.45) is 4.99. The van der Waals surface area contributed by atoms with E-state index in [2.05, 4.69) is 15.2 Å². The van der Waals surface area contributed by atoms with Crippen LogP contribution in [0.3, 0.4) is 0 Å². The van der Waals surface area contributed by atoms with Crippen molar-refractivity contribution < 1.29 is 4.79 Å². The molecule has 2 saturated heterocycles. The SMILES string of the molecule is O=C(CCc1cccnc1)N1CCN(C2CNC2)CC1. The molecule has 0 unspecified atom stereocenters. The zero-order valence-corrected chi connectivity index (χ0v) is 11.8. The van der Waals surface area contributed by atoms with Gasteiger partial charge >= 0.3 is 0 Å². The van der Waals surface area contributed by atoms with Gasteiger partial charge in [-0.3, -0.25) is 14.7 Å². The van der Waals surface area contributed by atoms with Crippen LogP contribution >= 0.6 is 0 Å². The highest BCUT2D eigenvalue weighted by atomic mass is 16.2. The van der Waals surface area contributed by atoms with Gasteiger partial charge in [-0.25, -0.2) is 0 Å². The molecule has 1 amide bonds. The standard InChI is InChI=1S/C15H22N4O/c20-15(4-3-13-2-1-5-16-10-13)19-8-6-18(7-9-19)14-11-17-12-14/h1-2,5,10,14,17H,3-4,6-9,11-12H2. The zero-order valence-electron chi connectivity index (χ0n) is 11.8. The second-order valence-corrected chi connectivity index (χ2v) is 5.59. The molecule has 0 aromatic carbocycles. The monoisotopic (exact) mass is 274 g/mol. The van der Waals surface area contributed by atoms with Gasteiger partial charge < -0.3 is 10.2 Å². The van der Waals surface area contributed by atoms with Gasteiger partial charge in [0, 0.05) is 64.1 Å². The van der Waals surface area contributed by atoms with Gasteiger partial charge in [-0.05, 0) is 18.1 Å². The number of nitrogens with one attached hydrogen (secondary N) is 1. The molecule has 0 spiro atoms. The van der Waals surface area contributed by atoms with Crippen LogP contribution in [0.1, 0.15) is 12.0 Å². The number of nitrogens with zero attached hydrogens (tertiary/aromatic N) is 3. The van der Waals surface area contributed by atoms with Crippen molar-refractivity contribution >= 4 is 5.91 Å². The van der Waals surface area contributed by atoms with Crippen molar-refractivity contribution in [2.24, 2.45) is 0 Å². The van der Waals surface area contributed by atoms with E-state index in [1.165, 1.54) is 0 Å². The van der Waals surface area contributed by atoms with Gasteiger partial charge in [0.25, 0.3) is 0 Å². The van der Waals surface area contributed by atoms with Crippen LogP contribution in [-0.2, 0) is 11.2 Å². The number of pyridine rings is 1. The maximum absolute atomic E-state index is 12.2. The van der Waals surface area contributed by atoms with Crippen molar-refractivity contribution in [3.05, 3.63) is 30.1 Å². The minimum atomic E-state index is 0.278. The third kappa shape index (κ3) is 3.16. The van der Waals surface area contributed by atoms with Crippen LogP contribution in [0.4, 0.5) is 0 Å². The second kappa shape index (κ2) is 6.33. The Labute approximate surface area is 120 Å². The zero-order chi connectivity index (χ0) is 13.8. The van der Waals surface area contributed by atoms with E-state index in [1.54, 1.807) is 6.20 Å². The van der Waals surface area contributed by atoms with Gasteiger partial charge in [0.05, 0.1) is 0 Å². The van der Waals surface area contributed by atoms with E-state index in [1.807, 2.05) is 23.2 Å². The molecule has 0 saturated carbocycles. The molecule has 0 atom stereocenters. The molecule has 5 nitrogen and oxygen atoms in total. The summed E-state index contributed by atoms with van der Waals surface area (Å²) in [6, 6.07) is 4.65. The Kier molecular flexibility index (Phi) is 4.28. The number of carbonyl (C=O) groups is 1. The first kappa shape index (κ1) is 13.5. The van der Waals surface area contributed by atoms with Gasteiger partial charge in [-0.15, -0.1) is 0 Å². The molecule has 1 N–H and O–H groups in total. The highest BCUT2D eigenvalue weighted by Crippen LogP contribution is 2.11. The lowest BCUT2D eigenvalue weighted by atomic mass is 10.1. The number of aromatic nitrogens is 1. The van der Waals surface area contributed by atoms with E-state index >= 15 is 0 Å². The summed E-state index contributed by atoms with van der Waals surface area (Å²) in [5, 5.41) is 3.30. The quantitative estimate of drug-likeness (QED) is 0.848. The predicted molar refractivity (Wildman–Crippen MR) is 77.4 cm³/mol. The van der Waals surface area contributed by atoms with E-state index in [-0.39, 0.29) is 5.91 Å². The van der Waals surface area contributed by atoms with E-state index in [9.17, 15) is 4.79 Å². The maximum atomic E-state index is 12.2. The highest BCUT2D eigenvalue weighted by molar-refractivity contribution is 5.76. The third-order valence-corrected chi connectivity index (χ3v) is 4.29. The average Bonchev–Trinajstić information content (AvgIpc) is 2.45. The van der Waals surface area contributed by atoms with Gasteiger partial charge in [-0.1, -0.05) is 6.07 Å². The molecule has 5 heteroatoms. The molecule has 1 aromatic rings. The molecule has 0 radical (unpaired) electrons. The molecule has 0 aliphatic carbocycles. The van der Waals surface area contributed by atoms with Crippen molar-refractivity contribution in [1.29, 1.82) is 0 Å². The lowest BCUT2D eigenvalue weighted by Crippen LogP contribution is -2.62. The van der Waals surface area contributed by atoms with Crippen LogP contribution in [-0.4, -0.2) is 66.0 Å². The molecule has 3 rings (SSSR count). The number of aryl methyl sites for hydroxylation is 1. The van der Waals surface area contributed by atoms with Crippen LogP contribution in [0.5, 0.6) is 0 Å². The summed E-state index contributed by atoms with van der Waals surface area (Å²) in [5.74, 6) is 0.278. The number of hydrogen-bond donors (Lipinski definition) is 1. The fraction of sp³-hybridized carbons (Fsp3) is 0.600. The molecular formula is C15H22N4O. The van der Waals surface area contributed by atoms with E-state index in [0.717, 1.165) is 51.3 Å². The largest absolute Gasteiger partial charge is 0.340 e. The topological polar surface area (TPSA) is 48.5 Å². The Morgan fingerprint density at radius 3 is 2.70 bits per heavy atom. The Morgan fingerprint density at radius 1 is 1.30 bits per heavy atom. The molecular weight excluding hydrogens is 252 g/mol. The summed E-state index contributed by atoms with van der Waals surface area (Å²) >= 11 is 0. The summed E-state index contributed by atoms with van der Waals surface area (Å²) in [4.78, 5) is 20.8. The summed E-state index contributed by atoms with van der Waals surface area (Å²) in [7, 11) is 0. The second-order valence-electron chi connectivity index (χ2n) is 5.59. The van der Waals surface area contributed by atoms with Crippen LogP contribution in [0.25, 0.3) is 0 Å². The fourth-order valence-corrected chi connectivity index (χ4v) is 2.82. The lowest BCUT2D eigenvalue weighted by Gasteiger charge is -2.43. The van der Waals surface area contributed by atoms with Crippen molar-refractivity contribution in [3.63, 3.8) is 0 Å². The first-order chi connectivity index (χ1) is 9.83. The number of carbonyl (C=O) groups excluding carboxylic acids is 1. The Bertz CT molecular complexity index is 438. The minimum absolute atomic E-state index is 0.278. The molecule has 3 heterocycles. The molecule has 1 aromatic heterocycles. The number of hydrogen-bond acceptors (Lipinski definition) is 4. The van der Waals surface area contributed by atoms with Crippen LogP contribution < -0.4 is 5.32 Å². The predicted octanol–water partition coefficient (Wildman–Crippen LogP) is 0.130. The van der Waals surface area contributed by atoms with Crippen LogP contribution in [0.2, 0.25) is 0 Å². The average molecular weight is 274 g/mol. The first-order valence-electron chi connectivity index (χ1n) is 7.44. The fourth-order valence-electron chi connectivity index (χ4n) is 2.82. The Morgan fingerprint density at radius 2 is 2.10 bits per heavy atom. The van der Waals surface area contributed by atoms with Gasteiger partial charge in [0.2, 0.25) is 5.91 Å². The van der Waals surface area contributed by atoms with Gasteiger partial charge in [-0.2, -0.15) is 0 Å². The highest BCUT2D eigenvalue weighted by Gasteiger charge is 2.28. The normalized spacial score (nSPS) is 20.7. The van der Waals surface area contributed by atoms with Gasteiger partial charge in [0.15, 0.2) is 0 Å². The van der Waals surface area contributed by atoms with Crippen LogP contribution in [0.15, 0.2) is 24.5 Å². The van der Waals surface area contributed by atoms with E-state index < -0.39 is 0 Å². The molecule has 108 valence electrons. The number of piperazine rings is 1. The minimum Gasteiger partial charge on any atom is -0.340 e. The van der Waals surface area contributed by atoms with Gasteiger partial charge in [0.1, 0.15) is 0 Å². The van der Waals surface area contributed by atoms with Crippen molar-refractivity contribution in [1.82, 2.24) is 20.1 Å². The van der Waals surface area contributed by atoms with E-state index in [4.69, 9.17) is 0 Å². The first-order valence-corrected chi connectivity index (χ1v) is 7.44. The molecule has 2 aliphatic rings. The summed E-state index contributed by atoms with van der Waals surface area (Å²) in [5.41, 5.74) is 1.14. The molecule has 0 bridgehead atoms. The third-order valence-electron chi connectivity index (χ3n) is 4.29. The van der Waals surface area contributed by atoms with Crippen molar-refractivity contribution in [3.8, 4) is 0 Å². The van der Waals surface area contributed by atoms with Crippen molar-refractivity contribution in [2.75, 3.05) is 39.3 Å². The Balaban J connectivity index is 1.42. The van der Waals surface area contributed by atoms with Crippen LogP contribution in [0, 0.1) is 0 Å². The van der Waals surface area contributed by atoms with E-state index in [0.29, 0.717) is 12.5 Å².